The molecule has 2 rings (SSSR count). The van der Waals surface area contributed by atoms with Gasteiger partial charge in [-0.25, -0.2) is 8.78 Å². The monoisotopic (exact) mass is 354 g/mol. The molecule has 0 fully saturated rings. The van der Waals surface area contributed by atoms with Crippen LogP contribution in [0.1, 0.15) is 29.3 Å². The van der Waals surface area contributed by atoms with Crippen LogP contribution in [0.3, 0.4) is 0 Å². The minimum Gasteiger partial charge on any atom is -0.494 e. The highest BCUT2D eigenvalue weighted by Crippen LogP contribution is 2.30. The maximum Gasteiger partial charge on any atom is 0.162 e. The normalized spacial score (nSPS) is 12.2. The second-order valence-electron chi connectivity index (χ2n) is 4.81. The molecule has 0 aliphatic carbocycles. The van der Waals surface area contributed by atoms with E-state index in [1.807, 2.05) is 31.2 Å². The lowest BCUT2D eigenvalue weighted by Gasteiger charge is -2.13. The molecular formula is C17H17BrF2O. The van der Waals surface area contributed by atoms with Gasteiger partial charge in [0.1, 0.15) is 5.75 Å². The predicted molar refractivity (Wildman–Crippen MR) is 84.0 cm³/mol. The molecule has 1 nitrogen and oxygen atoms in total. The molecule has 1 unspecified atom stereocenters. The highest BCUT2D eigenvalue weighted by molar-refractivity contribution is 9.09. The van der Waals surface area contributed by atoms with Crippen LogP contribution in [-0.4, -0.2) is 6.61 Å². The molecule has 0 radical (unpaired) electrons. The number of hydrogen-bond donors (Lipinski definition) is 0. The van der Waals surface area contributed by atoms with E-state index in [-0.39, 0.29) is 4.83 Å². The van der Waals surface area contributed by atoms with Crippen molar-refractivity contribution < 1.29 is 13.5 Å². The fourth-order valence-electron chi connectivity index (χ4n) is 2.04. The molecule has 0 spiro atoms. The number of benzene rings is 2. The lowest BCUT2D eigenvalue weighted by Crippen LogP contribution is -2.01. The van der Waals surface area contributed by atoms with Gasteiger partial charge in [0.05, 0.1) is 6.61 Å². The number of ether oxygens (including phenoxy) is 1. The Labute approximate surface area is 132 Å². The van der Waals surface area contributed by atoms with E-state index in [1.165, 1.54) is 6.07 Å². The third-order valence-corrected chi connectivity index (χ3v) is 3.98. The smallest absolute Gasteiger partial charge is 0.162 e. The van der Waals surface area contributed by atoms with Gasteiger partial charge >= 0.3 is 0 Å². The van der Waals surface area contributed by atoms with Crippen molar-refractivity contribution in [1.82, 2.24) is 0 Å². The molecule has 2 aromatic rings. The predicted octanol–water partition coefficient (Wildman–Crippen LogP) is 5.43. The quantitative estimate of drug-likeness (QED) is 0.628. The molecule has 0 aromatic heterocycles. The second-order valence-corrected chi connectivity index (χ2v) is 5.91. The van der Waals surface area contributed by atoms with E-state index >= 15 is 0 Å². The van der Waals surface area contributed by atoms with Crippen molar-refractivity contribution in [2.75, 3.05) is 6.61 Å². The zero-order chi connectivity index (χ0) is 15.2. The van der Waals surface area contributed by atoms with Crippen LogP contribution in [0, 0.1) is 11.6 Å². The van der Waals surface area contributed by atoms with Gasteiger partial charge in [0.2, 0.25) is 0 Å². The third-order valence-electron chi connectivity index (χ3n) is 3.12. The zero-order valence-corrected chi connectivity index (χ0v) is 13.4. The van der Waals surface area contributed by atoms with Crippen molar-refractivity contribution in [3.63, 3.8) is 0 Å². The van der Waals surface area contributed by atoms with E-state index in [0.717, 1.165) is 23.8 Å². The number of alkyl halides is 1. The van der Waals surface area contributed by atoms with Crippen molar-refractivity contribution in [3.05, 3.63) is 65.2 Å². The van der Waals surface area contributed by atoms with Gasteiger partial charge in [-0.3, -0.25) is 0 Å². The van der Waals surface area contributed by atoms with Gasteiger partial charge in [-0.1, -0.05) is 47.1 Å². The lowest BCUT2D eigenvalue weighted by atomic mass is 10.0. The topological polar surface area (TPSA) is 9.23 Å². The van der Waals surface area contributed by atoms with Crippen molar-refractivity contribution in [2.45, 2.75) is 24.6 Å². The van der Waals surface area contributed by atoms with Crippen molar-refractivity contribution in [2.24, 2.45) is 0 Å². The summed E-state index contributed by atoms with van der Waals surface area (Å²) in [4.78, 5) is -0.0982. The summed E-state index contributed by atoms with van der Waals surface area (Å²) in [7, 11) is 0. The van der Waals surface area contributed by atoms with E-state index in [1.54, 1.807) is 6.07 Å². The van der Waals surface area contributed by atoms with Crippen LogP contribution < -0.4 is 4.74 Å². The maximum absolute atomic E-state index is 13.7. The molecule has 21 heavy (non-hydrogen) atoms. The molecule has 0 amide bonds. The van der Waals surface area contributed by atoms with Crippen LogP contribution in [-0.2, 0) is 6.42 Å². The van der Waals surface area contributed by atoms with Gasteiger partial charge in [-0.2, -0.15) is 0 Å². The van der Waals surface area contributed by atoms with Gasteiger partial charge in [-0.05, 0) is 42.2 Å². The Morgan fingerprint density at radius 2 is 1.90 bits per heavy atom. The average molecular weight is 355 g/mol. The first-order valence-corrected chi connectivity index (χ1v) is 7.83. The largest absolute Gasteiger partial charge is 0.494 e. The van der Waals surface area contributed by atoms with Gasteiger partial charge in [0.25, 0.3) is 0 Å². The summed E-state index contributed by atoms with van der Waals surface area (Å²) in [6.45, 7) is 2.71. The zero-order valence-electron chi connectivity index (χ0n) is 11.8. The Morgan fingerprint density at radius 1 is 1.14 bits per heavy atom. The first-order chi connectivity index (χ1) is 10.1. The minimum absolute atomic E-state index is 0.0982. The molecule has 0 saturated carbocycles. The standard InChI is InChI=1S/C17H17BrF2O/c1-2-9-21-14-7-3-5-12(10-14)15(18)11-13-6-4-8-16(19)17(13)20/h3-8,10,15H,2,9,11H2,1H3. The summed E-state index contributed by atoms with van der Waals surface area (Å²) < 4.78 is 32.5. The first kappa shape index (κ1) is 16.0. The molecule has 2 aromatic carbocycles. The van der Waals surface area contributed by atoms with Gasteiger partial charge in [0, 0.05) is 4.83 Å². The van der Waals surface area contributed by atoms with Crippen LogP contribution in [0.5, 0.6) is 5.75 Å². The molecule has 0 bridgehead atoms. The van der Waals surface area contributed by atoms with Gasteiger partial charge in [0.15, 0.2) is 11.6 Å². The Morgan fingerprint density at radius 3 is 2.67 bits per heavy atom. The summed E-state index contributed by atoms with van der Waals surface area (Å²) in [5.74, 6) is -0.800. The summed E-state index contributed by atoms with van der Waals surface area (Å²) >= 11 is 3.54. The molecular weight excluding hydrogens is 338 g/mol. The van der Waals surface area contributed by atoms with Crippen LogP contribution in [0.2, 0.25) is 0 Å². The molecule has 1 atom stereocenters. The van der Waals surface area contributed by atoms with E-state index in [9.17, 15) is 8.78 Å². The Hall–Kier alpha value is -1.42. The van der Waals surface area contributed by atoms with Gasteiger partial charge < -0.3 is 4.74 Å². The van der Waals surface area contributed by atoms with E-state index in [0.29, 0.717) is 18.6 Å². The Bertz CT molecular complexity index is 601. The number of rotatable bonds is 6. The Kier molecular flexibility index (Phi) is 5.74. The summed E-state index contributed by atoms with van der Waals surface area (Å²) in [6, 6.07) is 11.9. The maximum atomic E-state index is 13.7. The highest BCUT2D eigenvalue weighted by atomic mass is 79.9. The average Bonchev–Trinajstić information content (AvgIpc) is 2.50. The van der Waals surface area contributed by atoms with Crippen molar-refractivity contribution in [1.29, 1.82) is 0 Å². The molecule has 4 heteroatoms. The molecule has 0 saturated heterocycles. The van der Waals surface area contributed by atoms with E-state index in [4.69, 9.17) is 4.74 Å². The fraction of sp³-hybridized carbons (Fsp3) is 0.294. The Balaban J connectivity index is 2.12. The summed E-state index contributed by atoms with van der Waals surface area (Å²) in [6.07, 6.45) is 1.32. The molecule has 0 heterocycles. The summed E-state index contributed by atoms with van der Waals surface area (Å²) in [5, 5.41) is 0. The minimum atomic E-state index is -0.813. The molecule has 0 aliphatic heterocycles. The fourth-order valence-corrected chi connectivity index (χ4v) is 2.67. The van der Waals surface area contributed by atoms with Crippen molar-refractivity contribution >= 4 is 15.9 Å². The summed E-state index contributed by atoms with van der Waals surface area (Å²) in [5.41, 5.74) is 1.34. The molecule has 112 valence electrons. The van der Waals surface area contributed by atoms with E-state index < -0.39 is 11.6 Å². The SMILES string of the molecule is CCCOc1cccc(C(Br)Cc2cccc(F)c2F)c1. The molecule has 0 aliphatic rings. The second kappa shape index (κ2) is 7.55. The van der Waals surface area contributed by atoms with Crippen molar-refractivity contribution in [3.8, 4) is 5.75 Å². The van der Waals surface area contributed by atoms with Crippen LogP contribution in [0.25, 0.3) is 0 Å². The van der Waals surface area contributed by atoms with Crippen LogP contribution >= 0.6 is 15.9 Å². The number of hydrogen-bond acceptors (Lipinski definition) is 1. The van der Waals surface area contributed by atoms with Crippen LogP contribution in [0.15, 0.2) is 42.5 Å². The number of halogens is 3. The lowest BCUT2D eigenvalue weighted by molar-refractivity contribution is 0.317. The molecule has 0 N–H and O–H groups in total. The van der Waals surface area contributed by atoms with E-state index in [2.05, 4.69) is 15.9 Å². The van der Waals surface area contributed by atoms with Crippen LogP contribution in [0.4, 0.5) is 8.78 Å². The van der Waals surface area contributed by atoms with Gasteiger partial charge in [-0.15, -0.1) is 0 Å². The highest BCUT2D eigenvalue weighted by Gasteiger charge is 2.14. The third kappa shape index (κ3) is 4.27. The first-order valence-electron chi connectivity index (χ1n) is 6.91.